The number of nitrogens with one attached hydrogen (secondary N) is 2. The standard InChI is InChI=1S/C21H26N2O3/c1-14(2)17-7-5-16(6-8-17)12-23(4)15(3)21(24)22-18-9-10-19-20(11-18)26-13-25-19/h5-11,14-15H,12-13H2,1-4H3,(H,22,24)/p+1/t15-/m1/s1. The van der Waals surface area contributed by atoms with E-state index in [-0.39, 0.29) is 18.7 Å². The molecule has 0 aliphatic carbocycles. The number of amides is 1. The molecule has 5 nitrogen and oxygen atoms in total. The van der Waals surface area contributed by atoms with Crippen molar-refractivity contribution in [3.8, 4) is 11.5 Å². The molecule has 3 rings (SSSR count). The maximum absolute atomic E-state index is 12.6. The van der Waals surface area contributed by atoms with Crippen molar-refractivity contribution in [3.63, 3.8) is 0 Å². The minimum Gasteiger partial charge on any atom is -0.454 e. The van der Waals surface area contributed by atoms with Crippen molar-refractivity contribution in [2.24, 2.45) is 0 Å². The minimum absolute atomic E-state index is 0.0137. The lowest BCUT2D eigenvalue weighted by molar-refractivity contribution is -0.907. The second-order valence-electron chi connectivity index (χ2n) is 7.20. The highest BCUT2D eigenvalue weighted by Gasteiger charge is 2.23. The molecule has 5 heteroatoms. The van der Waals surface area contributed by atoms with Crippen LogP contribution in [0.25, 0.3) is 0 Å². The van der Waals surface area contributed by atoms with Gasteiger partial charge in [0.2, 0.25) is 6.79 Å². The van der Waals surface area contributed by atoms with E-state index in [2.05, 4.69) is 43.4 Å². The predicted molar refractivity (Wildman–Crippen MR) is 102 cm³/mol. The quantitative estimate of drug-likeness (QED) is 0.837. The van der Waals surface area contributed by atoms with E-state index in [1.807, 2.05) is 26.1 Å². The molecule has 1 heterocycles. The molecule has 1 aliphatic heterocycles. The van der Waals surface area contributed by atoms with Crippen LogP contribution in [0.4, 0.5) is 5.69 Å². The highest BCUT2D eigenvalue weighted by Crippen LogP contribution is 2.34. The van der Waals surface area contributed by atoms with Crippen molar-refractivity contribution in [2.75, 3.05) is 19.2 Å². The van der Waals surface area contributed by atoms with Gasteiger partial charge in [-0.05, 0) is 30.5 Å². The number of rotatable bonds is 6. The number of ether oxygens (including phenoxy) is 2. The van der Waals surface area contributed by atoms with Gasteiger partial charge in [0, 0.05) is 17.3 Å². The van der Waals surface area contributed by atoms with Crippen molar-refractivity contribution < 1.29 is 19.2 Å². The first-order valence-corrected chi connectivity index (χ1v) is 9.05. The molecule has 0 bridgehead atoms. The van der Waals surface area contributed by atoms with Gasteiger partial charge in [0.25, 0.3) is 5.91 Å². The summed E-state index contributed by atoms with van der Waals surface area (Å²) in [5.74, 6) is 1.89. The summed E-state index contributed by atoms with van der Waals surface area (Å²) < 4.78 is 10.6. The zero-order chi connectivity index (χ0) is 18.7. The van der Waals surface area contributed by atoms with Gasteiger partial charge in [-0.2, -0.15) is 0 Å². The van der Waals surface area contributed by atoms with Crippen LogP contribution < -0.4 is 19.7 Å². The van der Waals surface area contributed by atoms with Crippen LogP contribution in [0.5, 0.6) is 11.5 Å². The molecule has 0 fully saturated rings. The second kappa shape index (κ2) is 7.79. The van der Waals surface area contributed by atoms with E-state index in [1.165, 1.54) is 11.1 Å². The van der Waals surface area contributed by atoms with Gasteiger partial charge in [-0.3, -0.25) is 4.79 Å². The van der Waals surface area contributed by atoms with Gasteiger partial charge in [-0.25, -0.2) is 0 Å². The molecule has 0 radical (unpaired) electrons. The molecule has 0 spiro atoms. The molecule has 0 saturated carbocycles. The van der Waals surface area contributed by atoms with Crippen LogP contribution in [0.15, 0.2) is 42.5 Å². The van der Waals surface area contributed by atoms with E-state index in [4.69, 9.17) is 9.47 Å². The highest BCUT2D eigenvalue weighted by molar-refractivity contribution is 5.93. The monoisotopic (exact) mass is 355 g/mol. The van der Waals surface area contributed by atoms with Gasteiger partial charge in [0.1, 0.15) is 6.54 Å². The van der Waals surface area contributed by atoms with Gasteiger partial charge >= 0.3 is 0 Å². The first-order valence-electron chi connectivity index (χ1n) is 9.05. The first kappa shape index (κ1) is 18.3. The number of anilines is 1. The Balaban J connectivity index is 1.58. The van der Waals surface area contributed by atoms with E-state index in [9.17, 15) is 4.79 Å². The van der Waals surface area contributed by atoms with Gasteiger partial charge in [0.05, 0.1) is 7.05 Å². The van der Waals surface area contributed by atoms with Crippen molar-refractivity contribution >= 4 is 11.6 Å². The molecule has 2 aromatic carbocycles. The zero-order valence-corrected chi connectivity index (χ0v) is 15.8. The summed E-state index contributed by atoms with van der Waals surface area (Å²) in [7, 11) is 2.04. The average molecular weight is 355 g/mol. The molecule has 1 unspecified atom stereocenters. The summed E-state index contributed by atoms with van der Waals surface area (Å²) in [6, 6.07) is 13.9. The van der Waals surface area contributed by atoms with Crippen molar-refractivity contribution in [3.05, 3.63) is 53.6 Å². The Kier molecular flexibility index (Phi) is 5.47. The van der Waals surface area contributed by atoms with Gasteiger partial charge in [-0.1, -0.05) is 38.1 Å². The molecule has 2 N–H and O–H groups in total. The molecule has 2 aromatic rings. The lowest BCUT2D eigenvalue weighted by atomic mass is 10.0. The third-order valence-electron chi connectivity index (χ3n) is 4.90. The summed E-state index contributed by atoms with van der Waals surface area (Å²) in [5, 5.41) is 2.97. The molecule has 26 heavy (non-hydrogen) atoms. The Labute approximate surface area is 154 Å². The normalized spacial score (nSPS) is 15.0. The molecule has 1 aliphatic rings. The average Bonchev–Trinajstić information content (AvgIpc) is 3.09. The van der Waals surface area contributed by atoms with Gasteiger partial charge in [-0.15, -0.1) is 0 Å². The van der Waals surface area contributed by atoms with Crippen molar-refractivity contribution in [2.45, 2.75) is 39.3 Å². The van der Waals surface area contributed by atoms with Crippen LogP contribution in [-0.4, -0.2) is 25.8 Å². The number of fused-ring (bicyclic) bond motifs is 1. The number of hydrogen-bond acceptors (Lipinski definition) is 3. The number of likely N-dealkylation sites (N-methyl/N-ethyl adjacent to an activating group) is 1. The Morgan fingerprint density at radius 3 is 2.46 bits per heavy atom. The molecule has 0 saturated heterocycles. The van der Waals surface area contributed by atoms with Crippen LogP contribution in [0.2, 0.25) is 0 Å². The Morgan fingerprint density at radius 2 is 1.77 bits per heavy atom. The zero-order valence-electron chi connectivity index (χ0n) is 15.8. The van der Waals surface area contributed by atoms with Gasteiger partial charge < -0.3 is 19.7 Å². The smallest absolute Gasteiger partial charge is 0.282 e. The fraction of sp³-hybridized carbons (Fsp3) is 0.381. The molecule has 2 atom stereocenters. The Morgan fingerprint density at radius 1 is 1.08 bits per heavy atom. The molecular weight excluding hydrogens is 328 g/mol. The summed E-state index contributed by atoms with van der Waals surface area (Å²) in [6.07, 6.45) is 0. The highest BCUT2D eigenvalue weighted by atomic mass is 16.7. The third-order valence-corrected chi connectivity index (χ3v) is 4.90. The summed E-state index contributed by atoms with van der Waals surface area (Å²) in [6.45, 7) is 7.35. The molecule has 138 valence electrons. The number of hydrogen-bond donors (Lipinski definition) is 2. The fourth-order valence-electron chi connectivity index (χ4n) is 2.94. The number of carbonyl (C=O) groups excluding carboxylic acids is 1. The third kappa shape index (κ3) is 4.17. The van der Waals surface area contributed by atoms with E-state index < -0.39 is 0 Å². The van der Waals surface area contributed by atoms with Gasteiger partial charge in [0.15, 0.2) is 17.5 Å². The summed E-state index contributed by atoms with van der Waals surface area (Å²) in [5.41, 5.74) is 3.29. The summed E-state index contributed by atoms with van der Waals surface area (Å²) in [4.78, 5) is 13.7. The Bertz CT molecular complexity index is 771. The van der Waals surface area contributed by atoms with Crippen LogP contribution >= 0.6 is 0 Å². The predicted octanol–water partition coefficient (Wildman–Crippen LogP) is 2.58. The maximum atomic E-state index is 12.6. The van der Waals surface area contributed by atoms with Crippen LogP contribution in [0, 0.1) is 0 Å². The molecule has 1 amide bonds. The van der Waals surface area contributed by atoms with E-state index in [1.54, 1.807) is 6.07 Å². The fourth-order valence-corrected chi connectivity index (χ4v) is 2.94. The van der Waals surface area contributed by atoms with E-state index >= 15 is 0 Å². The van der Waals surface area contributed by atoms with Crippen LogP contribution in [0.3, 0.4) is 0 Å². The minimum atomic E-state index is -0.176. The Hall–Kier alpha value is -2.53. The SMILES string of the molecule is CC(C)c1ccc(C[NH+](C)[C@H](C)C(=O)Nc2ccc3c(c2)OCO3)cc1. The number of benzene rings is 2. The second-order valence-corrected chi connectivity index (χ2v) is 7.20. The maximum Gasteiger partial charge on any atom is 0.282 e. The van der Waals surface area contributed by atoms with Crippen molar-refractivity contribution in [1.29, 1.82) is 0 Å². The number of quaternary nitrogens is 1. The number of carbonyl (C=O) groups is 1. The lowest BCUT2D eigenvalue weighted by Crippen LogP contribution is -3.12. The molecule has 0 aromatic heterocycles. The largest absolute Gasteiger partial charge is 0.454 e. The van der Waals surface area contributed by atoms with Crippen molar-refractivity contribution in [1.82, 2.24) is 0 Å². The van der Waals surface area contributed by atoms with E-state index in [0.717, 1.165) is 17.1 Å². The lowest BCUT2D eigenvalue weighted by Gasteiger charge is -2.21. The topological polar surface area (TPSA) is 52.0 Å². The van der Waals surface area contributed by atoms with Crippen LogP contribution in [0.1, 0.15) is 37.8 Å². The van der Waals surface area contributed by atoms with E-state index in [0.29, 0.717) is 17.4 Å². The van der Waals surface area contributed by atoms with Crippen LogP contribution in [-0.2, 0) is 11.3 Å². The molecular formula is C21H27N2O3+. The first-order chi connectivity index (χ1) is 12.4. The summed E-state index contributed by atoms with van der Waals surface area (Å²) >= 11 is 0.